The molecular formula is C8H8F6N2O2. The maximum atomic E-state index is 12.1. The summed E-state index contributed by atoms with van der Waals surface area (Å²) >= 11 is 0. The van der Waals surface area contributed by atoms with Crippen molar-refractivity contribution in [3.05, 3.63) is 0 Å². The van der Waals surface area contributed by atoms with Gasteiger partial charge in [0.1, 0.15) is 6.04 Å². The molecule has 18 heavy (non-hydrogen) atoms. The van der Waals surface area contributed by atoms with E-state index in [1.807, 2.05) is 0 Å². The van der Waals surface area contributed by atoms with Gasteiger partial charge >= 0.3 is 18.4 Å². The van der Waals surface area contributed by atoms with Crippen LogP contribution < -0.4 is 10.6 Å². The molecule has 3 amide bonds. The van der Waals surface area contributed by atoms with Crippen LogP contribution >= 0.6 is 0 Å². The summed E-state index contributed by atoms with van der Waals surface area (Å²) in [4.78, 5) is 21.8. The molecule has 1 saturated heterocycles. The van der Waals surface area contributed by atoms with E-state index >= 15 is 0 Å². The van der Waals surface area contributed by atoms with Crippen LogP contribution in [0, 0.1) is 5.92 Å². The van der Waals surface area contributed by atoms with Gasteiger partial charge in [-0.2, -0.15) is 26.3 Å². The highest BCUT2D eigenvalue weighted by atomic mass is 19.4. The van der Waals surface area contributed by atoms with Crippen LogP contribution in [0.15, 0.2) is 0 Å². The molecule has 0 radical (unpaired) electrons. The first-order chi connectivity index (χ1) is 7.98. The SMILES string of the molecule is O=C1NC(=O)C(C(CC(F)(F)F)CC(F)(F)F)N1. The minimum Gasteiger partial charge on any atom is -0.326 e. The summed E-state index contributed by atoms with van der Waals surface area (Å²) in [5.74, 6) is -3.25. The summed E-state index contributed by atoms with van der Waals surface area (Å²) in [6.45, 7) is 0. The maximum absolute atomic E-state index is 12.1. The summed E-state index contributed by atoms with van der Waals surface area (Å²) in [6, 6.07) is -2.92. The van der Waals surface area contributed by atoms with E-state index < -0.39 is 49.1 Å². The largest absolute Gasteiger partial charge is 0.389 e. The first-order valence-corrected chi connectivity index (χ1v) is 4.73. The van der Waals surface area contributed by atoms with Gasteiger partial charge in [-0.3, -0.25) is 10.1 Å². The van der Waals surface area contributed by atoms with Crippen LogP contribution in [0.5, 0.6) is 0 Å². The second kappa shape index (κ2) is 4.65. The first-order valence-electron chi connectivity index (χ1n) is 4.73. The number of urea groups is 1. The van der Waals surface area contributed by atoms with Gasteiger partial charge in [0.25, 0.3) is 5.91 Å². The fraction of sp³-hybridized carbons (Fsp3) is 0.750. The fourth-order valence-electron chi connectivity index (χ4n) is 1.67. The fourth-order valence-corrected chi connectivity index (χ4v) is 1.67. The smallest absolute Gasteiger partial charge is 0.326 e. The normalized spacial score (nSPS) is 21.2. The standard InChI is InChI=1S/C8H8F6N2O2/c9-7(10,11)1-3(2-8(12,13)14)4-5(17)16-6(18)15-4/h3-4H,1-2H2,(H2,15,16,17,18). The zero-order valence-corrected chi connectivity index (χ0v) is 8.65. The maximum Gasteiger partial charge on any atom is 0.389 e. The first kappa shape index (κ1) is 14.6. The molecule has 0 bridgehead atoms. The highest BCUT2D eigenvalue weighted by Crippen LogP contribution is 2.35. The molecule has 2 N–H and O–H groups in total. The second-order valence-corrected chi connectivity index (χ2v) is 3.84. The van der Waals surface area contributed by atoms with Crippen molar-refractivity contribution in [2.24, 2.45) is 5.92 Å². The summed E-state index contributed by atoms with van der Waals surface area (Å²) in [6.07, 6.45) is -13.3. The van der Waals surface area contributed by atoms with Gasteiger partial charge in [-0.05, 0) is 0 Å². The highest BCUT2D eigenvalue weighted by molar-refractivity contribution is 6.04. The number of alkyl halides is 6. The third-order valence-electron chi connectivity index (χ3n) is 2.26. The molecule has 1 aliphatic heterocycles. The van der Waals surface area contributed by atoms with E-state index in [0.717, 1.165) is 0 Å². The molecule has 0 aliphatic carbocycles. The lowest BCUT2D eigenvalue weighted by molar-refractivity contribution is -0.176. The number of carbonyl (C=O) groups is 2. The second-order valence-electron chi connectivity index (χ2n) is 3.84. The highest BCUT2D eigenvalue weighted by Gasteiger charge is 2.46. The van der Waals surface area contributed by atoms with Gasteiger partial charge in [0, 0.05) is 18.8 Å². The molecule has 1 fully saturated rings. The van der Waals surface area contributed by atoms with Crippen LogP contribution in [0.4, 0.5) is 31.1 Å². The van der Waals surface area contributed by atoms with Gasteiger partial charge in [0.05, 0.1) is 0 Å². The van der Waals surface area contributed by atoms with Crippen molar-refractivity contribution >= 4 is 11.9 Å². The Hall–Kier alpha value is -1.48. The van der Waals surface area contributed by atoms with Crippen molar-refractivity contribution in [3.63, 3.8) is 0 Å². The molecule has 10 heteroatoms. The molecule has 4 nitrogen and oxygen atoms in total. The Bertz CT molecular complexity index is 334. The lowest BCUT2D eigenvalue weighted by Crippen LogP contribution is -2.41. The van der Waals surface area contributed by atoms with Crippen molar-refractivity contribution in [1.29, 1.82) is 0 Å². The Morgan fingerprint density at radius 2 is 1.44 bits per heavy atom. The van der Waals surface area contributed by atoms with Gasteiger partial charge in [0.15, 0.2) is 0 Å². The van der Waals surface area contributed by atoms with E-state index in [-0.39, 0.29) is 0 Å². The third-order valence-corrected chi connectivity index (χ3v) is 2.26. The molecular weight excluding hydrogens is 270 g/mol. The Morgan fingerprint density at radius 1 is 1.00 bits per heavy atom. The van der Waals surface area contributed by atoms with Crippen molar-refractivity contribution in [1.82, 2.24) is 10.6 Å². The van der Waals surface area contributed by atoms with Crippen LogP contribution in [-0.2, 0) is 4.79 Å². The van der Waals surface area contributed by atoms with E-state index in [9.17, 15) is 35.9 Å². The van der Waals surface area contributed by atoms with Crippen LogP contribution in [0.1, 0.15) is 12.8 Å². The summed E-state index contributed by atoms with van der Waals surface area (Å²) < 4.78 is 72.9. The molecule has 1 rings (SSSR count). The number of rotatable bonds is 3. The van der Waals surface area contributed by atoms with Crippen LogP contribution in [0.2, 0.25) is 0 Å². The number of carbonyl (C=O) groups excluding carboxylic acids is 2. The van der Waals surface area contributed by atoms with Crippen molar-refractivity contribution in [2.45, 2.75) is 31.2 Å². The molecule has 104 valence electrons. The molecule has 1 aliphatic rings. The number of imide groups is 1. The lowest BCUT2D eigenvalue weighted by Gasteiger charge is -2.23. The van der Waals surface area contributed by atoms with Crippen molar-refractivity contribution in [3.8, 4) is 0 Å². The predicted octanol–water partition coefficient (Wildman–Crippen LogP) is 1.72. The van der Waals surface area contributed by atoms with Crippen LogP contribution in [0.3, 0.4) is 0 Å². The average molecular weight is 278 g/mol. The Morgan fingerprint density at radius 3 is 1.72 bits per heavy atom. The molecule has 1 heterocycles. The van der Waals surface area contributed by atoms with Gasteiger partial charge in [0.2, 0.25) is 0 Å². The molecule has 0 saturated carbocycles. The number of nitrogens with one attached hydrogen (secondary N) is 2. The summed E-state index contributed by atoms with van der Waals surface area (Å²) in [5.41, 5.74) is 0. The van der Waals surface area contributed by atoms with Gasteiger partial charge < -0.3 is 5.32 Å². The summed E-state index contributed by atoms with van der Waals surface area (Å²) in [5, 5.41) is 3.34. The van der Waals surface area contributed by atoms with E-state index in [2.05, 4.69) is 0 Å². The zero-order chi connectivity index (χ0) is 14.1. The minimum atomic E-state index is -4.86. The molecule has 1 unspecified atom stereocenters. The topological polar surface area (TPSA) is 58.2 Å². The third kappa shape index (κ3) is 4.41. The molecule has 0 aromatic rings. The lowest BCUT2D eigenvalue weighted by atomic mass is 9.92. The van der Waals surface area contributed by atoms with E-state index in [4.69, 9.17) is 0 Å². The molecule has 1 atom stereocenters. The average Bonchev–Trinajstić information content (AvgIpc) is 2.38. The Labute approximate surface area is 96.7 Å². The van der Waals surface area contributed by atoms with Crippen molar-refractivity contribution < 1.29 is 35.9 Å². The monoisotopic (exact) mass is 278 g/mol. The van der Waals surface area contributed by atoms with E-state index in [1.165, 1.54) is 0 Å². The Kier molecular flexibility index (Phi) is 3.77. The van der Waals surface area contributed by atoms with Gasteiger partial charge in [-0.15, -0.1) is 0 Å². The number of amides is 3. The minimum absolute atomic E-state index is 1.10. The molecule has 0 spiro atoms. The Balaban J connectivity index is 2.83. The van der Waals surface area contributed by atoms with E-state index in [1.54, 1.807) is 10.6 Å². The van der Waals surface area contributed by atoms with Crippen molar-refractivity contribution in [2.75, 3.05) is 0 Å². The zero-order valence-electron chi connectivity index (χ0n) is 8.65. The quantitative estimate of drug-likeness (QED) is 0.610. The van der Waals surface area contributed by atoms with Crippen LogP contribution in [-0.4, -0.2) is 30.3 Å². The summed E-state index contributed by atoms with van der Waals surface area (Å²) in [7, 11) is 0. The molecule has 0 aromatic heterocycles. The number of hydrogen-bond acceptors (Lipinski definition) is 2. The van der Waals surface area contributed by atoms with Crippen LogP contribution in [0.25, 0.3) is 0 Å². The van der Waals surface area contributed by atoms with E-state index in [0.29, 0.717) is 0 Å². The number of hydrogen-bond donors (Lipinski definition) is 2. The predicted molar refractivity (Wildman–Crippen MR) is 45.3 cm³/mol. The number of halogens is 6. The van der Waals surface area contributed by atoms with Gasteiger partial charge in [-0.1, -0.05) is 0 Å². The molecule has 0 aromatic carbocycles. The van der Waals surface area contributed by atoms with Gasteiger partial charge in [-0.25, -0.2) is 4.79 Å².